The molecule has 10 nitrogen and oxygen atoms in total. The molecule has 21 heavy (non-hydrogen) atoms. The maximum atomic E-state index is 10.4. The van der Waals surface area contributed by atoms with Gasteiger partial charge in [0.2, 0.25) is 0 Å². The molecule has 1 aliphatic rings. The SMILES string of the molecule is N.N.O=C(O)C1(CO)CCC1.O=C(O)CC(O)C(=O)O.[Pt]. The van der Waals surface area contributed by atoms with E-state index in [1.807, 2.05) is 0 Å². The number of aliphatic carboxylic acids is 3. The van der Waals surface area contributed by atoms with Crippen molar-refractivity contribution in [2.24, 2.45) is 5.41 Å². The predicted octanol–water partition coefficient (Wildman–Crippen LogP) is -0.538. The Morgan fingerprint density at radius 1 is 1.05 bits per heavy atom. The average molecular weight is 493 g/mol. The molecule has 0 aromatic carbocycles. The van der Waals surface area contributed by atoms with Gasteiger partial charge in [-0.15, -0.1) is 0 Å². The summed E-state index contributed by atoms with van der Waals surface area (Å²) < 4.78 is 0. The first-order valence-corrected chi connectivity index (χ1v) is 5.22. The molecular formula is C10H22N2O8Pt. The molecule has 11 N–H and O–H groups in total. The summed E-state index contributed by atoms with van der Waals surface area (Å²) in [4.78, 5) is 29.8. The molecular weight excluding hydrogens is 471 g/mol. The van der Waals surface area contributed by atoms with Gasteiger partial charge in [0, 0.05) is 21.1 Å². The number of hydrogen-bond donors (Lipinski definition) is 7. The zero-order valence-corrected chi connectivity index (χ0v) is 13.6. The van der Waals surface area contributed by atoms with Crippen LogP contribution in [0.2, 0.25) is 0 Å². The summed E-state index contributed by atoms with van der Waals surface area (Å²) in [6.07, 6.45) is -0.331. The first-order valence-electron chi connectivity index (χ1n) is 5.22. The maximum absolute atomic E-state index is 10.4. The number of hydrogen-bond acceptors (Lipinski definition) is 7. The minimum atomic E-state index is -1.79. The number of aliphatic hydroxyl groups excluding tert-OH is 2. The van der Waals surface area contributed by atoms with E-state index < -0.39 is 35.8 Å². The van der Waals surface area contributed by atoms with E-state index in [2.05, 4.69) is 0 Å². The van der Waals surface area contributed by atoms with Crippen LogP contribution in [0.5, 0.6) is 0 Å². The first-order chi connectivity index (χ1) is 8.25. The molecule has 0 spiro atoms. The van der Waals surface area contributed by atoms with Crippen LogP contribution in [0.25, 0.3) is 0 Å². The van der Waals surface area contributed by atoms with Crippen molar-refractivity contribution in [3.8, 4) is 0 Å². The van der Waals surface area contributed by atoms with Crippen LogP contribution in [0.1, 0.15) is 25.7 Å². The molecule has 0 heterocycles. The van der Waals surface area contributed by atoms with Crippen molar-refractivity contribution >= 4 is 17.9 Å². The fourth-order valence-corrected chi connectivity index (χ4v) is 1.30. The van der Waals surface area contributed by atoms with Crippen LogP contribution in [0.15, 0.2) is 0 Å². The molecule has 1 fully saturated rings. The number of carboxylic acids is 3. The summed E-state index contributed by atoms with van der Waals surface area (Å²) in [7, 11) is 0. The monoisotopic (exact) mass is 493 g/mol. The van der Waals surface area contributed by atoms with Crippen LogP contribution in [0, 0.1) is 5.41 Å². The fourth-order valence-electron chi connectivity index (χ4n) is 1.30. The molecule has 1 saturated carbocycles. The molecule has 0 saturated heterocycles. The largest absolute Gasteiger partial charge is 0.481 e. The van der Waals surface area contributed by atoms with Gasteiger partial charge in [-0.05, 0) is 12.8 Å². The normalized spacial score (nSPS) is 15.1. The van der Waals surface area contributed by atoms with Crippen LogP contribution in [-0.2, 0) is 35.4 Å². The van der Waals surface area contributed by atoms with Gasteiger partial charge in [-0.25, -0.2) is 4.79 Å². The first kappa shape index (κ1) is 28.2. The topological polar surface area (TPSA) is 222 Å². The third-order valence-corrected chi connectivity index (χ3v) is 2.72. The molecule has 1 unspecified atom stereocenters. The van der Waals surface area contributed by atoms with Gasteiger partial charge in [0.25, 0.3) is 0 Å². The summed E-state index contributed by atoms with van der Waals surface area (Å²) >= 11 is 0. The van der Waals surface area contributed by atoms with Crippen LogP contribution in [-0.4, -0.2) is 56.2 Å². The molecule has 11 heteroatoms. The van der Waals surface area contributed by atoms with E-state index in [1.165, 1.54) is 0 Å². The Bertz CT molecular complexity index is 330. The molecule has 0 radical (unpaired) electrons. The van der Waals surface area contributed by atoms with Gasteiger partial charge in [0.15, 0.2) is 6.10 Å². The molecule has 0 bridgehead atoms. The third-order valence-electron chi connectivity index (χ3n) is 2.72. The third kappa shape index (κ3) is 9.48. The summed E-state index contributed by atoms with van der Waals surface area (Å²) in [6, 6.07) is 0. The second-order valence-corrected chi connectivity index (χ2v) is 4.05. The smallest absolute Gasteiger partial charge is 0.333 e. The van der Waals surface area contributed by atoms with Gasteiger partial charge in [-0.3, -0.25) is 9.59 Å². The Labute approximate surface area is 135 Å². The van der Waals surface area contributed by atoms with Crippen LogP contribution in [0.4, 0.5) is 0 Å². The predicted molar refractivity (Wildman–Crippen MR) is 66.9 cm³/mol. The Kier molecular flexibility index (Phi) is 17.0. The van der Waals surface area contributed by atoms with Crippen LogP contribution < -0.4 is 12.3 Å². The second-order valence-electron chi connectivity index (χ2n) is 4.05. The van der Waals surface area contributed by atoms with Gasteiger partial charge in [0.1, 0.15) is 0 Å². The van der Waals surface area contributed by atoms with Crippen molar-refractivity contribution in [3.05, 3.63) is 0 Å². The fraction of sp³-hybridized carbons (Fsp3) is 0.700. The summed E-state index contributed by atoms with van der Waals surface area (Å²) in [6.45, 7) is -0.206. The number of carbonyl (C=O) groups is 3. The van der Waals surface area contributed by atoms with Crippen molar-refractivity contribution in [3.63, 3.8) is 0 Å². The second kappa shape index (κ2) is 12.7. The van der Waals surface area contributed by atoms with E-state index in [0.717, 1.165) is 6.42 Å². The Balaban J connectivity index is -0.000000120. The summed E-state index contributed by atoms with van der Waals surface area (Å²) in [5, 5.41) is 41.3. The molecule has 1 atom stereocenters. The van der Waals surface area contributed by atoms with E-state index in [9.17, 15) is 14.4 Å². The molecule has 0 aromatic rings. The van der Waals surface area contributed by atoms with Gasteiger partial charge in [-0.2, -0.15) is 0 Å². The van der Waals surface area contributed by atoms with Gasteiger partial charge < -0.3 is 37.8 Å². The van der Waals surface area contributed by atoms with Gasteiger partial charge in [0.05, 0.1) is 18.4 Å². The van der Waals surface area contributed by atoms with Crippen molar-refractivity contribution in [2.75, 3.05) is 6.61 Å². The number of aliphatic hydroxyl groups is 2. The zero-order valence-electron chi connectivity index (χ0n) is 11.3. The van der Waals surface area contributed by atoms with Crippen molar-refractivity contribution in [2.45, 2.75) is 31.8 Å². The summed E-state index contributed by atoms with van der Waals surface area (Å²) in [5.41, 5.74) is -0.764. The maximum Gasteiger partial charge on any atom is 0.333 e. The molecule has 0 aromatic heterocycles. The molecule has 130 valence electrons. The Hall–Kier alpha value is -1.06. The minimum Gasteiger partial charge on any atom is -0.481 e. The summed E-state index contributed by atoms with van der Waals surface area (Å²) in [5.74, 6) is -3.70. The van der Waals surface area contributed by atoms with Gasteiger partial charge in [-0.1, -0.05) is 6.42 Å². The van der Waals surface area contributed by atoms with Crippen molar-refractivity contribution in [1.29, 1.82) is 0 Å². The van der Waals surface area contributed by atoms with E-state index in [1.54, 1.807) is 0 Å². The van der Waals surface area contributed by atoms with Crippen LogP contribution in [0.3, 0.4) is 0 Å². The molecule has 0 aliphatic heterocycles. The Morgan fingerprint density at radius 2 is 1.48 bits per heavy atom. The van der Waals surface area contributed by atoms with E-state index >= 15 is 0 Å². The van der Waals surface area contributed by atoms with E-state index in [0.29, 0.717) is 12.8 Å². The molecule has 0 amide bonds. The molecule has 1 aliphatic carbocycles. The number of carboxylic acid groups (broad SMARTS) is 3. The Morgan fingerprint density at radius 3 is 1.52 bits per heavy atom. The van der Waals surface area contributed by atoms with Gasteiger partial charge >= 0.3 is 17.9 Å². The van der Waals surface area contributed by atoms with E-state index in [4.69, 9.17) is 25.5 Å². The van der Waals surface area contributed by atoms with E-state index in [-0.39, 0.29) is 40.0 Å². The minimum absolute atomic E-state index is 0. The van der Waals surface area contributed by atoms with Crippen molar-refractivity contribution < 1.29 is 61.0 Å². The number of rotatable bonds is 5. The quantitative estimate of drug-likeness (QED) is 0.259. The zero-order chi connectivity index (χ0) is 14.3. The standard InChI is InChI=1S/C6H10O3.C4H6O5.2H3N.Pt/c7-4-6(5(8)9)2-1-3-6;5-2(4(8)9)1-3(6)7;;;/h7H,1-4H2,(H,8,9);2,5H,1H2,(H,6,7)(H,8,9);2*1H3;. The van der Waals surface area contributed by atoms with Crippen molar-refractivity contribution in [1.82, 2.24) is 12.3 Å². The molecule has 1 rings (SSSR count). The van der Waals surface area contributed by atoms with Crippen LogP contribution >= 0.6 is 0 Å². The average Bonchev–Trinajstić information content (AvgIpc) is 2.15.